The molecule has 0 unspecified atom stereocenters. The van der Waals surface area contributed by atoms with Gasteiger partial charge in [0.1, 0.15) is 24.7 Å². The number of para-hydroxylation sites is 1. The van der Waals surface area contributed by atoms with Crippen LogP contribution in [0.3, 0.4) is 0 Å². The van der Waals surface area contributed by atoms with Crippen LogP contribution in [0.25, 0.3) is 0 Å². The van der Waals surface area contributed by atoms with E-state index in [1.807, 2.05) is 43.3 Å². The summed E-state index contributed by atoms with van der Waals surface area (Å²) in [5.41, 5.74) is 1.49. The molecule has 0 aromatic heterocycles. The molecule has 2 aromatic rings. The van der Waals surface area contributed by atoms with Crippen LogP contribution in [0.15, 0.2) is 48.5 Å². The van der Waals surface area contributed by atoms with Gasteiger partial charge < -0.3 is 24.3 Å². The lowest BCUT2D eigenvalue weighted by molar-refractivity contribution is 0.0322. The molecular weight excluding hydrogens is 396 g/mol. The first-order valence-corrected chi connectivity index (χ1v) is 10.9. The fourth-order valence-electron chi connectivity index (χ4n) is 3.28. The average Bonchev–Trinajstić information content (AvgIpc) is 2.81. The summed E-state index contributed by atoms with van der Waals surface area (Å²) in [4.78, 5) is 15.0. The van der Waals surface area contributed by atoms with Gasteiger partial charge in [-0.15, -0.1) is 0 Å². The molecule has 7 nitrogen and oxygen atoms in total. The van der Waals surface area contributed by atoms with Crippen molar-refractivity contribution in [3.05, 3.63) is 59.7 Å². The predicted octanol–water partition coefficient (Wildman–Crippen LogP) is 2.74. The van der Waals surface area contributed by atoms with Gasteiger partial charge in [0.2, 0.25) is 0 Å². The van der Waals surface area contributed by atoms with E-state index < -0.39 is 0 Å². The first-order chi connectivity index (χ1) is 15.3. The summed E-state index contributed by atoms with van der Waals surface area (Å²) in [6, 6.07) is 15.0. The summed E-state index contributed by atoms with van der Waals surface area (Å²) in [5, 5.41) is 2.96. The Morgan fingerprint density at radius 1 is 1.03 bits per heavy atom. The van der Waals surface area contributed by atoms with E-state index in [0.717, 1.165) is 44.2 Å². The van der Waals surface area contributed by atoms with Gasteiger partial charge >= 0.3 is 0 Å². The Hall–Kier alpha value is -2.61. The van der Waals surface area contributed by atoms with Gasteiger partial charge in [-0.3, -0.25) is 9.69 Å². The van der Waals surface area contributed by atoms with Crippen LogP contribution in [0.2, 0.25) is 0 Å². The maximum absolute atomic E-state index is 12.7. The zero-order valence-electron chi connectivity index (χ0n) is 18.2. The van der Waals surface area contributed by atoms with Crippen molar-refractivity contribution in [2.45, 2.75) is 13.5 Å². The molecule has 1 amide bonds. The van der Waals surface area contributed by atoms with Crippen LogP contribution in [0, 0.1) is 0 Å². The third-order valence-electron chi connectivity index (χ3n) is 4.95. The van der Waals surface area contributed by atoms with Gasteiger partial charge in [0.25, 0.3) is 5.91 Å². The first kappa shape index (κ1) is 23.1. The molecule has 0 spiro atoms. The number of rotatable bonds is 12. The van der Waals surface area contributed by atoms with E-state index in [0.29, 0.717) is 44.3 Å². The normalized spacial score (nSPS) is 14.2. The minimum Gasteiger partial charge on any atom is -0.492 e. The summed E-state index contributed by atoms with van der Waals surface area (Å²) < 4.78 is 22.3. The molecule has 1 aliphatic rings. The third-order valence-corrected chi connectivity index (χ3v) is 4.95. The van der Waals surface area contributed by atoms with Gasteiger partial charge in [0.15, 0.2) is 0 Å². The molecule has 2 aromatic carbocycles. The van der Waals surface area contributed by atoms with Gasteiger partial charge in [-0.2, -0.15) is 0 Å². The molecule has 0 saturated carbocycles. The molecule has 168 valence electrons. The topological polar surface area (TPSA) is 69.3 Å². The zero-order chi connectivity index (χ0) is 21.7. The molecule has 31 heavy (non-hydrogen) atoms. The Kier molecular flexibility index (Phi) is 9.63. The largest absolute Gasteiger partial charge is 0.492 e. The molecular formula is C24H32N2O5. The van der Waals surface area contributed by atoms with Crippen molar-refractivity contribution in [2.75, 3.05) is 59.3 Å². The van der Waals surface area contributed by atoms with Crippen molar-refractivity contribution in [3.8, 4) is 11.5 Å². The minimum atomic E-state index is -0.175. The molecule has 0 atom stereocenters. The van der Waals surface area contributed by atoms with Gasteiger partial charge in [-0.25, -0.2) is 0 Å². The highest BCUT2D eigenvalue weighted by atomic mass is 16.5. The second kappa shape index (κ2) is 12.9. The quantitative estimate of drug-likeness (QED) is 0.525. The van der Waals surface area contributed by atoms with E-state index in [9.17, 15) is 4.79 Å². The summed E-state index contributed by atoms with van der Waals surface area (Å²) in [7, 11) is 0. The van der Waals surface area contributed by atoms with Gasteiger partial charge in [-0.05, 0) is 36.8 Å². The molecule has 1 aliphatic heterocycles. The number of hydrogen-bond acceptors (Lipinski definition) is 6. The monoisotopic (exact) mass is 428 g/mol. The number of amides is 1. The molecule has 1 fully saturated rings. The average molecular weight is 429 g/mol. The van der Waals surface area contributed by atoms with Crippen molar-refractivity contribution in [1.82, 2.24) is 10.2 Å². The van der Waals surface area contributed by atoms with Crippen LogP contribution >= 0.6 is 0 Å². The number of carbonyl (C=O) groups is 1. The van der Waals surface area contributed by atoms with Gasteiger partial charge in [0.05, 0.1) is 25.4 Å². The Morgan fingerprint density at radius 2 is 1.87 bits per heavy atom. The number of carbonyl (C=O) groups excluding carboxylic acids is 1. The second-order valence-electron chi connectivity index (χ2n) is 7.17. The number of hydrogen-bond donors (Lipinski definition) is 1. The minimum absolute atomic E-state index is 0.175. The van der Waals surface area contributed by atoms with E-state index in [1.54, 1.807) is 12.1 Å². The molecule has 1 heterocycles. The maximum Gasteiger partial charge on any atom is 0.255 e. The van der Waals surface area contributed by atoms with E-state index >= 15 is 0 Å². The molecule has 1 saturated heterocycles. The smallest absolute Gasteiger partial charge is 0.255 e. The van der Waals surface area contributed by atoms with Crippen LogP contribution in [0.4, 0.5) is 0 Å². The number of benzene rings is 2. The summed E-state index contributed by atoms with van der Waals surface area (Å²) in [6.07, 6.45) is 0. The Bertz CT molecular complexity index is 808. The maximum atomic E-state index is 12.7. The predicted molar refractivity (Wildman–Crippen MR) is 119 cm³/mol. The standard InChI is InChI=1S/C24H32N2O5/c1-2-28-16-17-31-23-9-4-3-8-22(23)24(27)25-19-20-6-5-7-21(18-20)30-15-12-26-10-13-29-14-11-26/h3-9,18H,2,10-17,19H2,1H3,(H,25,27). The summed E-state index contributed by atoms with van der Waals surface area (Å²) in [5.74, 6) is 1.19. The Balaban J connectivity index is 1.47. The van der Waals surface area contributed by atoms with Crippen LogP contribution in [-0.4, -0.2) is 70.1 Å². The van der Waals surface area contributed by atoms with Crippen LogP contribution in [0.1, 0.15) is 22.8 Å². The van der Waals surface area contributed by atoms with E-state index in [4.69, 9.17) is 18.9 Å². The fraction of sp³-hybridized carbons (Fsp3) is 0.458. The third kappa shape index (κ3) is 7.86. The first-order valence-electron chi connectivity index (χ1n) is 10.9. The van der Waals surface area contributed by atoms with Crippen molar-refractivity contribution >= 4 is 5.91 Å². The molecule has 0 bridgehead atoms. The zero-order valence-corrected chi connectivity index (χ0v) is 18.2. The SMILES string of the molecule is CCOCCOc1ccccc1C(=O)NCc1cccc(OCCN2CCOCC2)c1. The lowest BCUT2D eigenvalue weighted by Gasteiger charge is -2.26. The van der Waals surface area contributed by atoms with Crippen molar-refractivity contribution in [3.63, 3.8) is 0 Å². The second-order valence-corrected chi connectivity index (χ2v) is 7.17. The van der Waals surface area contributed by atoms with Crippen LogP contribution in [0.5, 0.6) is 11.5 Å². The Labute approximate surface area is 184 Å². The number of nitrogens with zero attached hydrogens (tertiary/aromatic N) is 1. The molecule has 3 rings (SSSR count). The van der Waals surface area contributed by atoms with E-state index in [1.165, 1.54) is 0 Å². The van der Waals surface area contributed by atoms with Crippen molar-refractivity contribution in [2.24, 2.45) is 0 Å². The highest BCUT2D eigenvalue weighted by Crippen LogP contribution is 2.18. The summed E-state index contributed by atoms with van der Waals surface area (Å²) >= 11 is 0. The highest BCUT2D eigenvalue weighted by Gasteiger charge is 2.12. The lowest BCUT2D eigenvalue weighted by atomic mass is 10.1. The fourth-order valence-corrected chi connectivity index (χ4v) is 3.28. The Morgan fingerprint density at radius 3 is 2.71 bits per heavy atom. The van der Waals surface area contributed by atoms with Crippen LogP contribution in [-0.2, 0) is 16.0 Å². The van der Waals surface area contributed by atoms with Crippen molar-refractivity contribution in [1.29, 1.82) is 0 Å². The molecule has 0 aliphatic carbocycles. The summed E-state index contributed by atoms with van der Waals surface area (Å²) in [6.45, 7) is 8.86. The molecule has 0 radical (unpaired) electrons. The van der Waals surface area contributed by atoms with Crippen LogP contribution < -0.4 is 14.8 Å². The van der Waals surface area contributed by atoms with Crippen molar-refractivity contribution < 1.29 is 23.7 Å². The van der Waals surface area contributed by atoms with Gasteiger partial charge in [0, 0.05) is 32.8 Å². The van der Waals surface area contributed by atoms with Gasteiger partial charge in [-0.1, -0.05) is 24.3 Å². The lowest BCUT2D eigenvalue weighted by Crippen LogP contribution is -2.38. The molecule has 1 N–H and O–H groups in total. The highest BCUT2D eigenvalue weighted by molar-refractivity contribution is 5.96. The number of ether oxygens (including phenoxy) is 4. The number of nitrogens with one attached hydrogen (secondary N) is 1. The van der Waals surface area contributed by atoms with E-state index in [2.05, 4.69) is 10.2 Å². The van der Waals surface area contributed by atoms with E-state index in [-0.39, 0.29) is 5.91 Å². The molecule has 7 heteroatoms. The number of morpholine rings is 1.